The summed E-state index contributed by atoms with van der Waals surface area (Å²) in [7, 11) is -9.55. The van der Waals surface area contributed by atoms with Crippen LogP contribution in [0.1, 0.15) is 5.69 Å². The van der Waals surface area contributed by atoms with Crippen molar-refractivity contribution in [1.29, 1.82) is 0 Å². The van der Waals surface area contributed by atoms with Crippen LogP contribution in [0.4, 0.5) is 0 Å². The van der Waals surface area contributed by atoms with E-state index in [-0.39, 0.29) is 24.1 Å². The lowest BCUT2D eigenvalue weighted by molar-refractivity contribution is 0.234. The van der Waals surface area contributed by atoms with Gasteiger partial charge in [0.1, 0.15) is 0 Å². The molecule has 0 radical (unpaired) electrons. The fourth-order valence-electron chi connectivity index (χ4n) is 1.12. The van der Waals surface area contributed by atoms with E-state index in [0.717, 1.165) is 0 Å². The second kappa shape index (κ2) is 4.69. The van der Waals surface area contributed by atoms with E-state index >= 15 is 0 Å². The van der Waals surface area contributed by atoms with Crippen molar-refractivity contribution in [2.75, 3.05) is 6.54 Å². The molecular weight excluding hydrogens is 294 g/mol. The lowest BCUT2D eigenvalue weighted by Crippen LogP contribution is -2.23. The molecule has 11 nitrogen and oxygen atoms in total. The first-order valence-electron chi connectivity index (χ1n) is 4.20. The van der Waals surface area contributed by atoms with E-state index < -0.39 is 26.8 Å². The Morgan fingerprint density at radius 1 is 1.28 bits per heavy atom. The van der Waals surface area contributed by atoms with Crippen LogP contribution in [-0.2, 0) is 30.8 Å². The highest BCUT2D eigenvalue weighted by Gasteiger charge is 2.35. The average molecular weight is 303 g/mol. The first-order valence-corrected chi connectivity index (χ1v) is 6.87. The molecule has 2 rings (SSSR count). The fraction of sp³-hybridized carbons (Fsp3) is 0.400. The zero-order chi connectivity index (χ0) is 12.7. The van der Waals surface area contributed by atoms with E-state index in [2.05, 4.69) is 17.1 Å². The van der Waals surface area contributed by atoms with Gasteiger partial charge in [-0.15, -0.1) is 4.73 Å². The summed E-state index contributed by atoms with van der Waals surface area (Å²) in [4.78, 5) is 3.53. The lowest BCUT2D eigenvalue weighted by atomic mass is 10.3. The molecule has 0 saturated carbocycles. The van der Waals surface area contributed by atoms with E-state index in [1.165, 1.54) is 6.20 Å². The largest absolute Gasteiger partial charge is 0.485 e. The van der Waals surface area contributed by atoms with Gasteiger partial charge in [-0.3, -0.25) is 4.28 Å². The van der Waals surface area contributed by atoms with E-state index in [1.54, 1.807) is 0 Å². The SMILES string of the molecule is NCCc1cnc2n1OS(=O)(=O)OS(=O)(=O)O2.O. The standard InChI is InChI=1S/C5H7N3O7S2.H2O/c6-2-1-4-3-7-5-8(4)14-17(11,12)15-16(9,10)13-5;/h3H,1-2,6H2;1H2. The molecule has 0 amide bonds. The average Bonchev–Trinajstić information content (AvgIpc) is 2.44. The first-order chi connectivity index (χ1) is 7.83. The highest BCUT2D eigenvalue weighted by molar-refractivity contribution is 7.95. The van der Waals surface area contributed by atoms with Crippen molar-refractivity contribution in [3.8, 4) is 6.01 Å². The number of hydrogen-bond donors (Lipinski definition) is 1. The minimum Gasteiger partial charge on any atom is -0.412 e. The van der Waals surface area contributed by atoms with Gasteiger partial charge in [-0.2, -0.15) is 21.8 Å². The van der Waals surface area contributed by atoms with Gasteiger partial charge < -0.3 is 15.4 Å². The van der Waals surface area contributed by atoms with E-state index in [9.17, 15) is 16.8 Å². The second-order valence-corrected chi connectivity index (χ2v) is 5.40. The molecule has 1 aliphatic heterocycles. The summed E-state index contributed by atoms with van der Waals surface area (Å²) in [6.07, 6.45) is 1.39. The number of aromatic nitrogens is 2. The molecule has 0 bridgehead atoms. The van der Waals surface area contributed by atoms with Crippen molar-refractivity contribution in [2.24, 2.45) is 5.73 Å². The molecule has 1 aliphatic rings. The van der Waals surface area contributed by atoms with Crippen LogP contribution in [0.5, 0.6) is 6.01 Å². The van der Waals surface area contributed by atoms with Gasteiger partial charge >= 0.3 is 26.8 Å². The number of rotatable bonds is 2. The lowest BCUT2D eigenvalue weighted by Gasteiger charge is -2.03. The quantitative estimate of drug-likeness (QED) is 0.593. The maximum atomic E-state index is 11.1. The van der Waals surface area contributed by atoms with Crippen molar-refractivity contribution in [1.82, 2.24) is 9.71 Å². The van der Waals surface area contributed by atoms with Crippen LogP contribution in [0.3, 0.4) is 0 Å². The third-order valence-electron chi connectivity index (χ3n) is 1.67. The Labute approximate surface area is 102 Å². The Morgan fingerprint density at radius 3 is 2.56 bits per heavy atom. The normalized spacial score (nSPS) is 19.6. The maximum Gasteiger partial charge on any atom is 0.485 e. The van der Waals surface area contributed by atoms with E-state index in [1.807, 2.05) is 0 Å². The molecule has 18 heavy (non-hydrogen) atoms. The summed E-state index contributed by atoms with van der Waals surface area (Å²) in [5, 5.41) is 0. The van der Waals surface area contributed by atoms with Gasteiger partial charge in [0.25, 0.3) is 0 Å². The Hall–Kier alpha value is -1.41. The topological polar surface area (TPSA) is 171 Å². The highest BCUT2D eigenvalue weighted by Crippen LogP contribution is 2.20. The number of imidazole rings is 1. The molecule has 1 aromatic heterocycles. The first kappa shape index (κ1) is 14.7. The Balaban J connectivity index is 0.00000162. The maximum absolute atomic E-state index is 11.1. The molecule has 0 aliphatic carbocycles. The minimum absolute atomic E-state index is 0. The number of nitrogens with two attached hydrogens (primary N) is 1. The van der Waals surface area contributed by atoms with Gasteiger partial charge in [-0.25, -0.2) is 0 Å². The van der Waals surface area contributed by atoms with Gasteiger partial charge in [0, 0.05) is 6.42 Å². The van der Waals surface area contributed by atoms with Crippen molar-refractivity contribution < 1.29 is 34.4 Å². The van der Waals surface area contributed by atoms with E-state index in [4.69, 9.17) is 5.73 Å². The predicted molar refractivity (Wildman–Crippen MR) is 54.7 cm³/mol. The zero-order valence-electron chi connectivity index (χ0n) is 8.64. The molecule has 0 aromatic carbocycles. The minimum atomic E-state index is -4.78. The molecule has 4 N–H and O–H groups in total. The second-order valence-electron chi connectivity index (χ2n) is 2.91. The summed E-state index contributed by atoms with van der Waals surface area (Å²) >= 11 is 0. The molecule has 1 aromatic rings. The van der Waals surface area contributed by atoms with Gasteiger partial charge in [-0.05, 0) is 6.54 Å². The van der Waals surface area contributed by atoms with Crippen LogP contribution < -0.4 is 14.2 Å². The van der Waals surface area contributed by atoms with Crippen molar-refractivity contribution >= 4 is 20.8 Å². The van der Waals surface area contributed by atoms with Crippen molar-refractivity contribution in [2.45, 2.75) is 6.42 Å². The molecule has 0 saturated heterocycles. The smallest absolute Gasteiger partial charge is 0.412 e. The predicted octanol–water partition coefficient (Wildman–Crippen LogP) is -3.11. The molecule has 104 valence electrons. The molecule has 0 atom stereocenters. The molecular formula is C5H9N3O8S2. The van der Waals surface area contributed by atoms with Crippen molar-refractivity contribution in [3.63, 3.8) is 0 Å². The summed E-state index contributed by atoms with van der Waals surface area (Å²) in [5.74, 6) is 0. The third kappa shape index (κ3) is 2.88. The van der Waals surface area contributed by atoms with Crippen molar-refractivity contribution in [3.05, 3.63) is 11.9 Å². The Kier molecular flexibility index (Phi) is 3.82. The summed E-state index contributed by atoms with van der Waals surface area (Å²) in [5.41, 5.74) is 5.50. The monoisotopic (exact) mass is 303 g/mol. The van der Waals surface area contributed by atoms with Crippen LogP contribution in [0.2, 0.25) is 0 Å². The van der Waals surface area contributed by atoms with Crippen LogP contribution in [0.25, 0.3) is 0 Å². The molecule has 13 heteroatoms. The van der Waals surface area contributed by atoms with E-state index in [0.29, 0.717) is 4.73 Å². The number of nitrogens with zero attached hydrogens (tertiary/aromatic N) is 2. The van der Waals surface area contributed by atoms with Gasteiger partial charge in [0.15, 0.2) is 0 Å². The Bertz CT molecular complexity index is 632. The van der Waals surface area contributed by atoms with Gasteiger partial charge in [0.05, 0.1) is 11.9 Å². The number of hydrogen-bond acceptors (Lipinski definition) is 9. The zero-order valence-corrected chi connectivity index (χ0v) is 10.3. The van der Waals surface area contributed by atoms with Gasteiger partial charge in [0.2, 0.25) is 0 Å². The van der Waals surface area contributed by atoms with Crippen LogP contribution in [0, 0.1) is 0 Å². The van der Waals surface area contributed by atoms with Crippen LogP contribution in [0.15, 0.2) is 6.20 Å². The van der Waals surface area contributed by atoms with Gasteiger partial charge in [-0.1, -0.05) is 3.63 Å². The van der Waals surface area contributed by atoms with Crippen LogP contribution in [-0.4, -0.2) is 38.6 Å². The summed E-state index contributed by atoms with van der Waals surface area (Å²) in [6, 6.07) is -0.575. The third-order valence-corrected chi connectivity index (χ3v) is 3.69. The highest BCUT2D eigenvalue weighted by atomic mass is 32.3. The molecule has 2 heterocycles. The molecule has 0 fully saturated rings. The fourth-order valence-corrected chi connectivity index (χ4v) is 2.78. The summed E-state index contributed by atoms with van der Waals surface area (Å²) in [6.45, 7) is 0.183. The molecule has 0 spiro atoms. The summed E-state index contributed by atoms with van der Waals surface area (Å²) < 4.78 is 57.2. The molecule has 0 unspecified atom stereocenters. The van der Waals surface area contributed by atoms with Crippen LogP contribution >= 0.6 is 0 Å². The number of fused-ring (bicyclic) bond motifs is 1. The Morgan fingerprint density at radius 2 is 1.94 bits per heavy atom.